The Kier molecular flexibility index (Phi) is 1.85. The summed E-state index contributed by atoms with van der Waals surface area (Å²) in [7, 11) is 0. The van der Waals surface area contributed by atoms with Crippen LogP contribution in [0.4, 0.5) is 0 Å². The third-order valence-corrected chi connectivity index (χ3v) is 2.00. The van der Waals surface area contributed by atoms with Gasteiger partial charge in [0.2, 0.25) is 5.60 Å². The van der Waals surface area contributed by atoms with Gasteiger partial charge in [0.1, 0.15) is 0 Å². The highest BCUT2D eigenvalue weighted by Crippen LogP contribution is 2.29. The second kappa shape index (κ2) is 2.53. The number of hydrogen-bond acceptors (Lipinski definition) is 3. The lowest BCUT2D eigenvalue weighted by Crippen LogP contribution is -2.37. The minimum absolute atomic E-state index is 0.222. The summed E-state index contributed by atoms with van der Waals surface area (Å²) in [5.41, 5.74) is -1.23. The molecule has 0 bridgehead atoms. The fourth-order valence-electron chi connectivity index (χ4n) is 1.17. The van der Waals surface area contributed by atoms with Crippen molar-refractivity contribution in [1.29, 1.82) is 0 Å². The van der Waals surface area contributed by atoms with Crippen molar-refractivity contribution in [2.45, 2.75) is 31.8 Å². The van der Waals surface area contributed by atoms with Gasteiger partial charge in [-0.2, -0.15) is 0 Å². The molecule has 1 saturated heterocycles. The minimum atomic E-state index is -1.23. The molecule has 0 aliphatic carbocycles. The van der Waals surface area contributed by atoms with E-state index < -0.39 is 17.5 Å². The van der Waals surface area contributed by atoms with E-state index in [4.69, 9.17) is 9.84 Å². The second-order valence-corrected chi connectivity index (χ2v) is 2.63. The first-order chi connectivity index (χ1) is 5.10. The molecular formula is C7H10O4. The molecule has 0 saturated carbocycles. The summed E-state index contributed by atoms with van der Waals surface area (Å²) in [6.07, 6.45) is 0.867. The molecule has 1 heterocycles. The van der Waals surface area contributed by atoms with Crippen LogP contribution in [-0.4, -0.2) is 22.6 Å². The second-order valence-electron chi connectivity index (χ2n) is 2.63. The molecule has 1 N–H and O–H groups in total. The number of ether oxygens (including phenoxy) is 1. The molecule has 0 radical (unpaired) electrons. The van der Waals surface area contributed by atoms with Crippen LogP contribution in [0, 0.1) is 0 Å². The van der Waals surface area contributed by atoms with Crippen LogP contribution in [0.5, 0.6) is 0 Å². The molecule has 0 spiro atoms. The van der Waals surface area contributed by atoms with Crippen LogP contribution in [0.3, 0.4) is 0 Å². The van der Waals surface area contributed by atoms with Gasteiger partial charge >= 0.3 is 11.9 Å². The summed E-state index contributed by atoms with van der Waals surface area (Å²) in [4.78, 5) is 21.3. The van der Waals surface area contributed by atoms with Gasteiger partial charge in [0, 0.05) is 12.8 Å². The predicted octanol–water partition coefficient (Wildman–Crippen LogP) is 0.557. The number of carbonyl (C=O) groups excluding carboxylic acids is 1. The van der Waals surface area contributed by atoms with E-state index in [1.165, 1.54) is 0 Å². The van der Waals surface area contributed by atoms with Gasteiger partial charge in [-0.15, -0.1) is 0 Å². The molecule has 62 valence electrons. The third-order valence-electron chi connectivity index (χ3n) is 2.00. The molecular weight excluding hydrogens is 148 g/mol. The molecule has 0 aromatic heterocycles. The largest absolute Gasteiger partial charge is 0.478 e. The first-order valence-electron chi connectivity index (χ1n) is 3.56. The molecule has 1 aliphatic rings. The maximum absolute atomic E-state index is 10.6. The zero-order chi connectivity index (χ0) is 8.48. The summed E-state index contributed by atoms with van der Waals surface area (Å²) in [5.74, 6) is -1.44. The van der Waals surface area contributed by atoms with Crippen molar-refractivity contribution >= 4 is 11.9 Å². The van der Waals surface area contributed by atoms with Crippen molar-refractivity contribution in [3.63, 3.8) is 0 Å². The highest BCUT2D eigenvalue weighted by atomic mass is 16.6. The number of carboxylic acid groups (broad SMARTS) is 1. The Balaban J connectivity index is 2.78. The molecule has 1 atom stereocenters. The van der Waals surface area contributed by atoms with Crippen molar-refractivity contribution in [3.05, 3.63) is 0 Å². The zero-order valence-electron chi connectivity index (χ0n) is 6.29. The van der Waals surface area contributed by atoms with Gasteiger partial charge in [-0.25, -0.2) is 4.79 Å². The fraction of sp³-hybridized carbons (Fsp3) is 0.714. The topological polar surface area (TPSA) is 63.6 Å². The van der Waals surface area contributed by atoms with Crippen molar-refractivity contribution in [2.24, 2.45) is 0 Å². The van der Waals surface area contributed by atoms with Crippen molar-refractivity contribution in [2.75, 3.05) is 0 Å². The average molecular weight is 158 g/mol. The van der Waals surface area contributed by atoms with E-state index in [2.05, 4.69) is 0 Å². The van der Waals surface area contributed by atoms with Gasteiger partial charge in [0.15, 0.2) is 0 Å². The van der Waals surface area contributed by atoms with Crippen LogP contribution >= 0.6 is 0 Å². The van der Waals surface area contributed by atoms with Gasteiger partial charge in [-0.1, -0.05) is 6.92 Å². The van der Waals surface area contributed by atoms with Crippen LogP contribution in [-0.2, 0) is 14.3 Å². The van der Waals surface area contributed by atoms with Gasteiger partial charge in [-0.3, -0.25) is 4.79 Å². The van der Waals surface area contributed by atoms with Crippen LogP contribution in [0.25, 0.3) is 0 Å². The molecule has 1 unspecified atom stereocenters. The number of hydrogen-bond donors (Lipinski definition) is 1. The highest BCUT2D eigenvalue weighted by molar-refractivity contribution is 5.85. The first-order valence-corrected chi connectivity index (χ1v) is 3.56. The minimum Gasteiger partial charge on any atom is -0.478 e. The first kappa shape index (κ1) is 8.04. The Morgan fingerprint density at radius 1 is 1.82 bits per heavy atom. The maximum atomic E-state index is 10.6. The number of carboxylic acids is 1. The van der Waals surface area contributed by atoms with E-state index in [1.54, 1.807) is 6.92 Å². The zero-order valence-corrected chi connectivity index (χ0v) is 6.29. The fourth-order valence-corrected chi connectivity index (χ4v) is 1.17. The van der Waals surface area contributed by atoms with E-state index in [-0.39, 0.29) is 6.42 Å². The number of rotatable bonds is 2. The monoisotopic (exact) mass is 158 g/mol. The Labute approximate surface area is 64.2 Å². The quantitative estimate of drug-likeness (QED) is 0.596. The predicted molar refractivity (Wildman–Crippen MR) is 36.0 cm³/mol. The Morgan fingerprint density at radius 2 is 2.45 bits per heavy atom. The molecule has 11 heavy (non-hydrogen) atoms. The standard InChI is InChI=1S/C7H10O4/c1-2-7(6(9)10)4-3-5(8)11-7/h2-4H2,1H3,(H,9,10). The lowest BCUT2D eigenvalue weighted by atomic mass is 9.97. The van der Waals surface area contributed by atoms with Crippen LogP contribution in [0.2, 0.25) is 0 Å². The van der Waals surface area contributed by atoms with E-state index in [0.29, 0.717) is 12.8 Å². The van der Waals surface area contributed by atoms with E-state index in [1.807, 2.05) is 0 Å². The van der Waals surface area contributed by atoms with Crippen molar-refractivity contribution < 1.29 is 19.4 Å². The van der Waals surface area contributed by atoms with Crippen molar-refractivity contribution in [3.8, 4) is 0 Å². The maximum Gasteiger partial charge on any atom is 0.348 e. The third kappa shape index (κ3) is 1.20. The van der Waals surface area contributed by atoms with Gasteiger partial charge in [0.25, 0.3) is 0 Å². The Morgan fingerprint density at radius 3 is 2.64 bits per heavy atom. The molecule has 0 amide bonds. The molecule has 0 aromatic carbocycles. The Hall–Kier alpha value is -1.06. The number of carbonyl (C=O) groups is 2. The molecule has 0 aromatic rings. The lowest BCUT2D eigenvalue weighted by Gasteiger charge is -2.19. The lowest BCUT2D eigenvalue weighted by molar-refractivity contribution is -0.169. The summed E-state index contributed by atoms with van der Waals surface area (Å²) in [6, 6.07) is 0. The summed E-state index contributed by atoms with van der Waals surface area (Å²) < 4.78 is 4.72. The average Bonchev–Trinajstić information content (AvgIpc) is 2.33. The summed E-state index contributed by atoms with van der Waals surface area (Å²) in [6.45, 7) is 1.70. The summed E-state index contributed by atoms with van der Waals surface area (Å²) >= 11 is 0. The van der Waals surface area contributed by atoms with E-state index >= 15 is 0 Å². The smallest absolute Gasteiger partial charge is 0.348 e. The molecule has 4 nitrogen and oxygen atoms in total. The molecule has 1 fully saturated rings. The van der Waals surface area contributed by atoms with Crippen LogP contribution in [0.1, 0.15) is 26.2 Å². The van der Waals surface area contributed by atoms with Crippen molar-refractivity contribution in [1.82, 2.24) is 0 Å². The van der Waals surface area contributed by atoms with E-state index in [0.717, 1.165) is 0 Å². The van der Waals surface area contributed by atoms with Gasteiger partial charge < -0.3 is 9.84 Å². The molecule has 1 aliphatic heterocycles. The highest BCUT2D eigenvalue weighted by Gasteiger charge is 2.45. The molecule has 4 heteroatoms. The number of cyclic esters (lactones) is 1. The van der Waals surface area contributed by atoms with E-state index in [9.17, 15) is 9.59 Å². The summed E-state index contributed by atoms with van der Waals surface area (Å²) in [5, 5.41) is 8.70. The van der Waals surface area contributed by atoms with Crippen LogP contribution < -0.4 is 0 Å². The Bertz CT molecular complexity index is 199. The molecule has 1 rings (SSSR count). The number of esters is 1. The van der Waals surface area contributed by atoms with Crippen LogP contribution in [0.15, 0.2) is 0 Å². The SMILES string of the molecule is CCC1(C(=O)O)CCC(=O)O1. The number of aliphatic carboxylic acids is 1. The van der Waals surface area contributed by atoms with Gasteiger partial charge in [-0.05, 0) is 6.42 Å². The van der Waals surface area contributed by atoms with Gasteiger partial charge in [0.05, 0.1) is 0 Å². The normalized spacial score (nSPS) is 30.1.